The summed E-state index contributed by atoms with van der Waals surface area (Å²) >= 11 is 0. The first-order valence-electron chi connectivity index (χ1n) is 18.9. The fourth-order valence-electron chi connectivity index (χ4n) is 5.35. The van der Waals surface area contributed by atoms with Crippen LogP contribution in [0.3, 0.4) is 0 Å². The molecule has 15 heteroatoms. The molecule has 2 aliphatic rings. The lowest BCUT2D eigenvalue weighted by atomic mass is 9.98. The zero-order valence-electron chi connectivity index (χ0n) is 31.4. The minimum absolute atomic E-state index is 0.0701. The van der Waals surface area contributed by atoms with Crippen molar-refractivity contribution in [2.24, 2.45) is 0 Å². The number of aliphatic hydroxyl groups excluding tert-OH is 7. The van der Waals surface area contributed by atoms with Gasteiger partial charge in [-0.3, -0.25) is 9.59 Å². The molecule has 0 saturated carbocycles. The quantitative estimate of drug-likeness (QED) is 0.0399. The van der Waals surface area contributed by atoms with Gasteiger partial charge in [0.25, 0.3) is 0 Å². The average molecular weight is 771 g/mol. The van der Waals surface area contributed by atoms with Gasteiger partial charge in [-0.1, -0.05) is 87.4 Å². The lowest BCUT2D eigenvalue weighted by Crippen LogP contribution is -2.61. The topological polar surface area (TPSA) is 231 Å². The summed E-state index contributed by atoms with van der Waals surface area (Å²) in [6, 6.07) is 0. The zero-order chi connectivity index (χ0) is 39.7. The normalized spacial score (nSPS) is 29.9. The third kappa shape index (κ3) is 17.8. The summed E-state index contributed by atoms with van der Waals surface area (Å²) in [6.45, 7) is 2.10. The summed E-state index contributed by atoms with van der Waals surface area (Å²) in [7, 11) is 0. The Kier molecular flexibility index (Phi) is 24.3. The van der Waals surface area contributed by atoms with E-state index in [1.165, 1.54) is 0 Å². The number of hydrogen-bond acceptors (Lipinski definition) is 15. The molecule has 2 heterocycles. The zero-order valence-corrected chi connectivity index (χ0v) is 31.4. The van der Waals surface area contributed by atoms with Gasteiger partial charge in [0, 0.05) is 6.42 Å². The van der Waals surface area contributed by atoms with Crippen LogP contribution in [-0.2, 0) is 38.0 Å². The Morgan fingerprint density at radius 3 is 1.69 bits per heavy atom. The average Bonchev–Trinajstić information content (AvgIpc) is 3.16. The molecule has 2 saturated heterocycles. The summed E-state index contributed by atoms with van der Waals surface area (Å²) in [4.78, 5) is 25.0. The van der Waals surface area contributed by atoms with Crippen molar-refractivity contribution in [3.05, 3.63) is 60.8 Å². The van der Waals surface area contributed by atoms with Crippen LogP contribution in [0.4, 0.5) is 0 Å². The standard InChI is InChI=1S/C39H62O15/c1-3-5-7-8-9-10-11-12-13-14-15-16-17-18-20-22-31(42)52-27(24-49-30(41)21-19-6-4-2)25-50-38-37(48)35(46)33(44)29(54-38)26-51-39-36(47)34(45)32(43)28(23-40)53-39/h5,7,9-10,12-13,15-16,18,20,27-29,32-40,43-48H,3-4,6,8,11,14,17,19,21-26H2,1-2H3/b7-5-,10-9-,13-12-,16-15-,20-18-. The van der Waals surface area contributed by atoms with Crippen molar-refractivity contribution in [1.82, 2.24) is 0 Å². The van der Waals surface area contributed by atoms with Crippen molar-refractivity contribution in [2.75, 3.05) is 26.4 Å². The Morgan fingerprint density at radius 2 is 1.13 bits per heavy atom. The Hall–Kier alpha value is -2.80. The van der Waals surface area contributed by atoms with E-state index in [9.17, 15) is 45.3 Å². The Balaban J connectivity index is 1.91. The number of allylic oxidation sites excluding steroid dienone is 9. The monoisotopic (exact) mass is 770 g/mol. The maximum Gasteiger partial charge on any atom is 0.310 e. The van der Waals surface area contributed by atoms with E-state index in [1.54, 1.807) is 6.08 Å². The van der Waals surface area contributed by atoms with Crippen LogP contribution in [0.1, 0.15) is 78.1 Å². The highest BCUT2D eigenvalue weighted by Gasteiger charge is 2.47. The maximum absolute atomic E-state index is 12.7. The molecule has 15 nitrogen and oxygen atoms in total. The molecule has 0 amide bonds. The SMILES string of the molecule is CC/C=C\C/C=C\C/C=C\C/C=C\C/C=C\CC(=O)OC(COC(=O)CCCCC)COC1OC(COC2OC(CO)C(O)C(O)C2O)C(O)C(O)C1O. The molecule has 7 N–H and O–H groups in total. The first-order chi connectivity index (χ1) is 26.0. The molecule has 0 spiro atoms. The van der Waals surface area contributed by atoms with E-state index in [-0.39, 0.29) is 19.4 Å². The predicted octanol–water partition coefficient (Wildman–Crippen LogP) is 1.80. The first kappa shape index (κ1) is 47.4. The largest absolute Gasteiger partial charge is 0.462 e. The molecule has 2 rings (SSSR count). The van der Waals surface area contributed by atoms with Crippen molar-refractivity contribution in [3.8, 4) is 0 Å². The van der Waals surface area contributed by atoms with E-state index < -0.39 is 99.3 Å². The number of carbonyl (C=O) groups excluding carboxylic acids is 2. The molecular formula is C39H62O15. The van der Waals surface area contributed by atoms with Crippen molar-refractivity contribution in [3.63, 3.8) is 0 Å². The second-order valence-electron chi connectivity index (χ2n) is 13.0. The van der Waals surface area contributed by atoms with Gasteiger partial charge < -0.3 is 64.2 Å². The highest BCUT2D eigenvalue weighted by atomic mass is 16.7. The minimum Gasteiger partial charge on any atom is -0.462 e. The molecule has 0 aromatic heterocycles. The molecule has 2 aliphatic heterocycles. The number of ether oxygens (including phenoxy) is 6. The molecular weight excluding hydrogens is 708 g/mol. The van der Waals surface area contributed by atoms with Gasteiger partial charge in [-0.25, -0.2) is 0 Å². The third-order valence-electron chi connectivity index (χ3n) is 8.54. The number of rotatable bonds is 25. The first-order valence-corrected chi connectivity index (χ1v) is 18.9. The van der Waals surface area contributed by atoms with E-state index in [1.807, 2.05) is 25.2 Å². The molecule has 11 unspecified atom stereocenters. The van der Waals surface area contributed by atoms with Gasteiger partial charge in [0.15, 0.2) is 18.7 Å². The van der Waals surface area contributed by atoms with Crippen LogP contribution in [0.5, 0.6) is 0 Å². The van der Waals surface area contributed by atoms with Gasteiger partial charge >= 0.3 is 11.9 Å². The summed E-state index contributed by atoms with van der Waals surface area (Å²) in [5.74, 6) is -1.11. The van der Waals surface area contributed by atoms with Crippen LogP contribution >= 0.6 is 0 Å². The van der Waals surface area contributed by atoms with Crippen molar-refractivity contribution < 1.29 is 73.8 Å². The maximum atomic E-state index is 12.7. The molecule has 0 radical (unpaired) electrons. The number of hydrogen-bond donors (Lipinski definition) is 7. The van der Waals surface area contributed by atoms with E-state index in [2.05, 4.69) is 43.4 Å². The highest BCUT2D eigenvalue weighted by Crippen LogP contribution is 2.26. The van der Waals surface area contributed by atoms with Gasteiger partial charge in [-0.05, 0) is 38.5 Å². The van der Waals surface area contributed by atoms with E-state index in [0.717, 1.165) is 38.5 Å². The number of aliphatic hydroxyl groups is 7. The van der Waals surface area contributed by atoms with Gasteiger partial charge in [0.05, 0.1) is 26.2 Å². The molecule has 54 heavy (non-hydrogen) atoms. The van der Waals surface area contributed by atoms with Crippen LogP contribution in [-0.4, -0.2) is 142 Å². The Bertz CT molecular complexity index is 1180. The van der Waals surface area contributed by atoms with Gasteiger partial charge in [-0.15, -0.1) is 0 Å². The van der Waals surface area contributed by atoms with Gasteiger partial charge in [-0.2, -0.15) is 0 Å². The fraction of sp³-hybridized carbons (Fsp3) is 0.692. The van der Waals surface area contributed by atoms with E-state index in [0.29, 0.717) is 12.8 Å². The summed E-state index contributed by atoms with van der Waals surface area (Å²) in [6.07, 6.45) is 9.91. The summed E-state index contributed by atoms with van der Waals surface area (Å²) in [5.41, 5.74) is 0. The molecule has 308 valence electrons. The summed E-state index contributed by atoms with van der Waals surface area (Å²) in [5, 5.41) is 71.3. The highest BCUT2D eigenvalue weighted by molar-refractivity contribution is 5.71. The van der Waals surface area contributed by atoms with Gasteiger partial charge in [0.1, 0.15) is 55.4 Å². The molecule has 0 aromatic rings. The summed E-state index contributed by atoms with van der Waals surface area (Å²) < 4.78 is 32.9. The van der Waals surface area contributed by atoms with Crippen LogP contribution in [0.2, 0.25) is 0 Å². The third-order valence-corrected chi connectivity index (χ3v) is 8.54. The number of carbonyl (C=O) groups is 2. The van der Waals surface area contributed by atoms with Crippen molar-refractivity contribution >= 4 is 11.9 Å². The lowest BCUT2D eigenvalue weighted by molar-refractivity contribution is -0.332. The number of esters is 2. The Labute approximate surface area is 318 Å². The van der Waals surface area contributed by atoms with Crippen molar-refractivity contribution in [2.45, 2.75) is 146 Å². The van der Waals surface area contributed by atoms with Crippen LogP contribution in [0, 0.1) is 0 Å². The Morgan fingerprint density at radius 1 is 0.611 bits per heavy atom. The lowest BCUT2D eigenvalue weighted by Gasteiger charge is -2.42. The van der Waals surface area contributed by atoms with Crippen LogP contribution in [0.25, 0.3) is 0 Å². The second kappa shape index (κ2) is 27.7. The fourth-order valence-corrected chi connectivity index (χ4v) is 5.35. The molecule has 0 bridgehead atoms. The molecule has 11 atom stereocenters. The smallest absolute Gasteiger partial charge is 0.310 e. The van der Waals surface area contributed by atoms with Crippen molar-refractivity contribution in [1.29, 1.82) is 0 Å². The van der Waals surface area contributed by atoms with Crippen LogP contribution in [0.15, 0.2) is 60.8 Å². The predicted molar refractivity (Wildman–Crippen MR) is 196 cm³/mol. The molecule has 0 aromatic carbocycles. The number of unbranched alkanes of at least 4 members (excludes halogenated alkanes) is 2. The molecule has 2 fully saturated rings. The molecule has 0 aliphatic carbocycles. The van der Waals surface area contributed by atoms with Gasteiger partial charge in [0.2, 0.25) is 0 Å². The van der Waals surface area contributed by atoms with Crippen LogP contribution < -0.4 is 0 Å². The van der Waals surface area contributed by atoms with E-state index >= 15 is 0 Å². The van der Waals surface area contributed by atoms with E-state index in [4.69, 9.17) is 28.4 Å². The second-order valence-corrected chi connectivity index (χ2v) is 13.0. The minimum atomic E-state index is -1.78.